The Kier molecular flexibility index (Phi) is 4.22. The molecule has 0 saturated carbocycles. The summed E-state index contributed by atoms with van der Waals surface area (Å²) in [6, 6.07) is 0. The lowest BCUT2D eigenvalue weighted by Crippen LogP contribution is -2.30. The van der Waals surface area contributed by atoms with Gasteiger partial charge < -0.3 is 14.8 Å². The zero-order chi connectivity index (χ0) is 12.3. The van der Waals surface area contributed by atoms with E-state index in [-0.39, 0.29) is 6.61 Å². The number of aromatic nitrogens is 2. The van der Waals surface area contributed by atoms with Gasteiger partial charge in [-0.15, -0.1) is 0 Å². The Morgan fingerprint density at radius 1 is 1.56 bits per heavy atom. The molecule has 0 bridgehead atoms. The van der Waals surface area contributed by atoms with E-state index < -0.39 is 18.0 Å². The van der Waals surface area contributed by atoms with Crippen molar-refractivity contribution >= 4 is 11.8 Å². The SMILES string of the molecule is Cn1c(CO)cnc1SCC(O)C(F)(F)F. The number of thioether (sulfide) groups is 1. The molecule has 1 atom stereocenters. The maximum atomic E-state index is 12.0. The van der Waals surface area contributed by atoms with Crippen LogP contribution in [-0.4, -0.2) is 37.8 Å². The van der Waals surface area contributed by atoms with Crippen molar-refractivity contribution < 1.29 is 23.4 Å². The molecule has 0 saturated heterocycles. The highest BCUT2D eigenvalue weighted by molar-refractivity contribution is 7.99. The lowest BCUT2D eigenvalue weighted by atomic mass is 10.4. The summed E-state index contributed by atoms with van der Waals surface area (Å²) in [5.74, 6) is -0.515. The van der Waals surface area contributed by atoms with Crippen molar-refractivity contribution in [2.24, 2.45) is 7.05 Å². The molecule has 0 aliphatic rings. The first kappa shape index (κ1) is 13.3. The van der Waals surface area contributed by atoms with E-state index >= 15 is 0 Å². The second-order valence-corrected chi connectivity index (χ2v) is 4.10. The molecule has 0 aliphatic heterocycles. The van der Waals surface area contributed by atoms with Gasteiger partial charge in [0.1, 0.15) is 0 Å². The van der Waals surface area contributed by atoms with Crippen LogP contribution < -0.4 is 0 Å². The molecule has 1 aromatic rings. The van der Waals surface area contributed by atoms with Crippen molar-refractivity contribution in [2.75, 3.05) is 5.75 Å². The summed E-state index contributed by atoms with van der Waals surface area (Å²) in [5.41, 5.74) is 0.504. The van der Waals surface area contributed by atoms with Crippen LogP contribution in [0, 0.1) is 0 Å². The van der Waals surface area contributed by atoms with Gasteiger partial charge in [-0.1, -0.05) is 11.8 Å². The molecular formula is C8H11F3N2O2S. The Balaban J connectivity index is 2.58. The van der Waals surface area contributed by atoms with Crippen LogP contribution in [0.15, 0.2) is 11.4 Å². The van der Waals surface area contributed by atoms with Gasteiger partial charge in [0.15, 0.2) is 11.3 Å². The molecule has 1 aromatic heterocycles. The normalized spacial score (nSPS) is 14.1. The van der Waals surface area contributed by atoms with Crippen LogP contribution in [0.2, 0.25) is 0 Å². The molecular weight excluding hydrogens is 245 g/mol. The number of aliphatic hydroxyl groups is 2. The van der Waals surface area contributed by atoms with E-state index in [2.05, 4.69) is 4.98 Å². The zero-order valence-corrected chi connectivity index (χ0v) is 9.22. The number of rotatable bonds is 4. The Morgan fingerprint density at radius 2 is 2.19 bits per heavy atom. The summed E-state index contributed by atoms with van der Waals surface area (Å²) >= 11 is 0.789. The van der Waals surface area contributed by atoms with Crippen molar-refractivity contribution in [3.63, 3.8) is 0 Å². The monoisotopic (exact) mass is 256 g/mol. The summed E-state index contributed by atoms with van der Waals surface area (Å²) in [4.78, 5) is 3.83. The fourth-order valence-electron chi connectivity index (χ4n) is 0.955. The van der Waals surface area contributed by atoms with Gasteiger partial charge in [0, 0.05) is 12.8 Å². The second kappa shape index (κ2) is 5.07. The average molecular weight is 256 g/mol. The number of aliphatic hydroxyl groups excluding tert-OH is 2. The molecule has 1 rings (SSSR count). The molecule has 4 nitrogen and oxygen atoms in total. The molecule has 0 aliphatic carbocycles. The lowest BCUT2D eigenvalue weighted by molar-refractivity contribution is -0.195. The molecule has 1 unspecified atom stereocenters. The highest BCUT2D eigenvalue weighted by Gasteiger charge is 2.38. The molecule has 0 amide bonds. The van der Waals surface area contributed by atoms with Crippen molar-refractivity contribution in [3.8, 4) is 0 Å². The Bertz CT molecular complexity index is 354. The summed E-state index contributed by atoms with van der Waals surface area (Å²) in [7, 11) is 1.58. The first-order valence-electron chi connectivity index (χ1n) is 4.35. The quantitative estimate of drug-likeness (QED) is 0.787. The first-order chi connectivity index (χ1) is 7.36. The summed E-state index contributed by atoms with van der Waals surface area (Å²) < 4.78 is 37.5. The van der Waals surface area contributed by atoms with Gasteiger partial charge in [0.05, 0.1) is 18.5 Å². The van der Waals surface area contributed by atoms with Gasteiger partial charge >= 0.3 is 6.18 Å². The van der Waals surface area contributed by atoms with Crippen LogP contribution in [0.1, 0.15) is 5.69 Å². The molecule has 0 spiro atoms. The van der Waals surface area contributed by atoms with Gasteiger partial charge in [0.25, 0.3) is 0 Å². The van der Waals surface area contributed by atoms with Crippen molar-refractivity contribution in [3.05, 3.63) is 11.9 Å². The van der Waals surface area contributed by atoms with Crippen LogP contribution >= 0.6 is 11.8 Å². The molecule has 2 N–H and O–H groups in total. The number of hydrogen-bond acceptors (Lipinski definition) is 4. The Morgan fingerprint density at radius 3 is 2.62 bits per heavy atom. The number of halogens is 3. The topological polar surface area (TPSA) is 58.3 Å². The number of nitrogens with zero attached hydrogens (tertiary/aromatic N) is 2. The maximum Gasteiger partial charge on any atom is 0.415 e. The van der Waals surface area contributed by atoms with E-state index in [0.717, 1.165) is 11.8 Å². The third-order valence-corrected chi connectivity index (χ3v) is 3.07. The molecule has 8 heteroatoms. The van der Waals surface area contributed by atoms with Crippen LogP contribution in [0.25, 0.3) is 0 Å². The van der Waals surface area contributed by atoms with Crippen LogP contribution in [0.3, 0.4) is 0 Å². The predicted octanol–water partition coefficient (Wildman–Crippen LogP) is 0.928. The second-order valence-electron chi connectivity index (χ2n) is 3.12. The van der Waals surface area contributed by atoms with Crippen LogP contribution in [-0.2, 0) is 13.7 Å². The fraction of sp³-hybridized carbons (Fsp3) is 0.625. The van der Waals surface area contributed by atoms with E-state index in [9.17, 15) is 13.2 Å². The number of imidazole rings is 1. The predicted molar refractivity (Wildman–Crippen MR) is 51.9 cm³/mol. The van der Waals surface area contributed by atoms with Gasteiger partial charge in [0.2, 0.25) is 0 Å². The van der Waals surface area contributed by atoms with Crippen molar-refractivity contribution in [1.82, 2.24) is 9.55 Å². The molecule has 0 fully saturated rings. The van der Waals surface area contributed by atoms with Crippen molar-refractivity contribution in [1.29, 1.82) is 0 Å². The van der Waals surface area contributed by atoms with Crippen LogP contribution in [0.5, 0.6) is 0 Å². The molecule has 0 radical (unpaired) electrons. The minimum absolute atomic E-state index is 0.230. The van der Waals surface area contributed by atoms with Gasteiger partial charge in [-0.3, -0.25) is 0 Å². The molecule has 92 valence electrons. The molecule has 0 aromatic carbocycles. The molecule has 1 heterocycles. The summed E-state index contributed by atoms with van der Waals surface area (Å²) in [6.07, 6.45) is -5.60. The summed E-state index contributed by atoms with van der Waals surface area (Å²) in [5, 5.41) is 17.9. The highest BCUT2D eigenvalue weighted by Crippen LogP contribution is 2.26. The Labute approximate surface area is 94.1 Å². The lowest BCUT2D eigenvalue weighted by Gasteiger charge is -2.13. The largest absolute Gasteiger partial charge is 0.415 e. The summed E-state index contributed by atoms with van der Waals surface area (Å²) in [6.45, 7) is -0.230. The van der Waals surface area contributed by atoms with E-state index in [1.807, 2.05) is 0 Å². The third kappa shape index (κ3) is 3.13. The third-order valence-electron chi connectivity index (χ3n) is 1.95. The van der Waals surface area contributed by atoms with Gasteiger partial charge in [-0.2, -0.15) is 13.2 Å². The maximum absolute atomic E-state index is 12.0. The van der Waals surface area contributed by atoms with Crippen LogP contribution in [0.4, 0.5) is 13.2 Å². The zero-order valence-electron chi connectivity index (χ0n) is 8.40. The van der Waals surface area contributed by atoms with Crippen molar-refractivity contribution in [2.45, 2.75) is 24.0 Å². The standard InChI is InChI=1S/C8H11F3N2O2S/c1-13-5(3-14)2-12-7(13)16-4-6(15)8(9,10)11/h2,6,14-15H,3-4H2,1H3. The molecule has 16 heavy (non-hydrogen) atoms. The van der Waals surface area contributed by atoms with E-state index in [0.29, 0.717) is 10.9 Å². The number of hydrogen-bond donors (Lipinski definition) is 2. The van der Waals surface area contributed by atoms with Gasteiger partial charge in [-0.25, -0.2) is 4.98 Å². The van der Waals surface area contributed by atoms with E-state index in [1.54, 1.807) is 7.05 Å². The fourth-order valence-corrected chi connectivity index (χ4v) is 1.89. The first-order valence-corrected chi connectivity index (χ1v) is 5.34. The minimum atomic E-state index is -4.61. The van der Waals surface area contributed by atoms with E-state index in [4.69, 9.17) is 10.2 Å². The Hall–Kier alpha value is -0.730. The van der Waals surface area contributed by atoms with Gasteiger partial charge in [-0.05, 0) is 0 Å². The highest BCUT2D eigenvalue weighted by atomic mass is 32.2. The van der Waals surface area contributed by atoms with E-state index in [1.165, 1.54) is 10.8 Å². The minimum Gasteiger partial charge on any atom is -0.390 e. The number of alkyl halides is 3. The smallest absolute Gasteiger partial charge is 0.390 e. The average Bonchev–Trinajstić information content (AvgIpc) is 2.54.